The molecule has 58 heavy (non-hydrogen) atoms. The highest BCUT2D eigenvalue weighted by Gasteiger charge is 2.60. The van der Waals surface area contributed by atoms with Crippen molar-refractivity contribution in [3.05, 3.63) is 64.2 Å². The molecule has 6 N–H and O–H groups in total. The summed E-state index contributed by atoms with van der Waals surface area (Å²) in [5.41, 5.74) is 2.03. The van der Waals surface area contributed by atoms with E-state index in [1.807, 2.05) is 25.1 Å². The number of hydrogen-bond donors (Lipinski definition) is 6. The Hall–Kier alpha value is -4.64. The first-order valence-corrected chi connectivity index (χ1v) is 20.9. The quantitative estimate of drug-likeness (QED) is 0.0702. The molecule has 3 heterocycles. The number of fused-ring (bicyclic) bond motifs is 1. The number of carbonyl (C=O) groups is 5. The number of aliphatic carboxylic acids is 1. The van der Waals surface area contributed by atoms with E-state index in [0.29, 0.717) is 80.4 Å². The number of benzene rings is 2. The molecule has 4 amide bonds. The Balaban J connectivity index is 0.918. The number of carboxylic acid groups (broad SMARTS) is 1. The second-order valence-electron chi connectivity index (χ2n) is 15.0. The van der Waals surface area contributed by atoms with Gasteiger partial charge in [-0.2, -0.15) is 0 Å². The van der Waals surface area contributed by atoms with E-state index >= 15 is 0 Å². The Kier molecular flexibility index (Phi) is 16.4. The lowest BCUT2D eigenvalue weighted by molar-refractivity contribution is -0.163. The molecule has 15 nitrogen and oxygen atoms in total. The fourth-order valence-corrected chi connectivity index (χ4v) is 9.21. The third kappa shape index (κ3) is 11.3. The number of anilines is 1. The fourth-order valence-electron chi connectivity index (χ4n) is 7.73. The van der Waals surface area contributed by atoms with Gasteiger partial charge in [0.25, 0.3) is 5.91 Å². The van der Waals surface area contributed by atoms with Crippen LogP contribution in [0, 0.1) is 11.8 Å². The Labute approximate surface area is 344 Å². The first kappa shape index (κ1) is 44.5. The monoisotopic (exact) mass is 823 g/mol. The number of nitrogens with zero attached hydrogens (tertiary/aromatic N) is 1. The summed E-state index contributed by atoms with van der Waals surface area (Å²) in [5.74, 6) is -1.55. The zero-order valence-electron chi connectivity index (χ0n) is 33.7. The van der Waals surface area contributed by atoms with E-state index in [1.165, 1.54) is 22.2 Å². The molecule has 3 aliphatic heterocycles. The van der Waals surface area contributed by atoms with Crippen LogP contribution in [0.2, 0.25) is 0 Å². The summed E-state index contributed by atoms with van der Waals surface area (Å²) in [4.78, 5) is 65.0. The lowest BCUT2D eigenvalue weighted by Gasteiger charge is -2.46. The van der Waals surface area contributed by atoms with E-state index in [0.717, 1.165) is 31.4 Å². The first-order chi connectivity index (χ1) is 27.9. The summed E-state index contributed by atoms with van der Waals surface area (Å²) in [6, 6.07) is 11.7. The van der Waals surface area contributed by atoms with Crippen LogP contribution in [0.25, 0.3) is 0 Å². The number of β-lactam (4-membered cyclic amide) rings is 1. The highest BCUT2D eigenvalue weighted by molar-refractivity contribution is 8.03. The van der Waals surface area contributed by atoms with E-state index < -0.39 is 24.0 Å². The van der Waals surface area contributed by atoms with Crippen molar-refractivity contribution in [3.63, 3.8) is 0 Å². The van der Waals surface area contributed by atoms with Gasteiger partial charge in [0.1, 0.15) is 5.70 Å². The second kappa shape index (κ2) is 21.4. The number of amides is 4. The lowest BCUT2D eigenvalue weighted by Crippen LogP contribution is -2.63. The van der Waals surface area contributed by atoms with Crippen LogP contribution in [0.1, 0.15) is 74.7 Å². The highest BCUT2D eigenvalue weighted by atomic mass is 32.2. The zero-order valence-corrected chi connectivity index (χ0v) is 34.5. The van der Waals surface area contributed by atoms with Gasteiger partial charge in [-0.05, 0) is 81.3 Å². The van der Waals surface area contributed by atoms with Crippen molar-refractivity contribution in [1.82, 2.24) is 20.9 Å². The zero-order chi connectivity index (χ0) is 41.8. The molecule has 2 aromatic carbocycles. The molecule has 0 spiro atoms. The van der Waals surface area contributed by atoms with Gasteiger partial charge < -0.3 is 50.6 Å². The molecule has 3 aliphatic rings. The van der Waals surface area contributed by atoms with E-state index in [9.17, 15) is 34.2 Å². The van der Waals surface area contributed by atoms with Crippen LogP contribution < -0.4 is 30.7 Å². The van der Waals surface area contributed by atoms with E-state index in [2.05, 4.69) is 21.3 Å². The number of unbranched alkanes of at least 4 members (excludes halogenated alkanes) is 3. The van der Waals surface area contributed by atoms with Crippen molar-refractivity contribution in [2.24, 2.45) is 11.8 Å². The summed E-state index contributed by atoms with van der Waals surface area (Å²) in [6.07, 6.45) is 4.98. The van der Waals surface area contributed by atoms with E-state index in [4.69, 9.17) is 14.2 Å². The van der Waals surface area contributed by atoms with E-state index in [1.54, 1.807) is 45.4 Å². The number of ether oxygens (including phenoxy) is 3. The summed E-state index contributed by atoms with van der Waals surface area (Å²) in [7, 11) is 3.25. The number of rotatable bonds is 23. The van der Waals surface area contributed by atoms with Crippen LogP contribution in [0.15, 0.2) is 53.1 Å². The molecule has 2 fully saturated rings. The molecule has 2 aromatic rings. The van der Waals surface area contributed by atoms with Crippen molar-refractivity contribution >= 4 is 47.0 Å². The molecule has 16 heteroatoms. The van der Waals surface area contributed by atoms with Gasteiger partial charge in [-0.3, -0.25) is 19.2 Å². The SMILES string of the molecule is COc1ccc(CCCCOCCNC(=O)CCCCCNC(=O)c2cccc(NC(=O)[C@@H]3C[C@H](SC4=C(C(=O)O)N5C(=O)[C@H]([C@@H](C)O)C5[C@H]4C)CN3)c2)cc1OC. The van der Waals surface area contributed by atoms with Crippen LogP contribution in [0.3, 0.4) is 0 Å². The molecule has 6 atom stereocenters. The number of nitrogens with one attached hydrogen (secondary N) is 4. The smallest absolute Gasteiger partial charge is 0.353 e. The van der Waals surface area contributed by atoms with Gasteiger partial charge in [0, 0.05) is 60.0 Å². The predicted octanol–water partition coefficient (Wildman–Crippen LogP) is 3.71. The van der Waals surface area contributed by atoms with Gasteiger partial charge in [-0.1, -0.05) is 25.5 Å². The third-order valence-corrected chi connectivity index (χ3v) is 12.3. The Morgan fingerprint density at radius 3 is 2.50 bits per heavy atom. The van der Waals surface area contributed by atoms with Gasteiger partial charge >= 0.3 is 5.97 Å². The maximum atomic E-state index is 13.2. The van der Waals surface area contributed by atoms with Crippen LogP contribution in [0.5, 0.6) is 11.5 Å². The predicted molar refractivity (Wildman–Crippen MR) is 220 cm³/mol. The van der Waals surface area contributed by atoms with Crippen LogP contribution in [-0.2, 0) is 30.3 Å². The van der Waals surface area contributed by atoms with Crippen molar-refractivity contribution in [3.8, 4) is 11.5 Å². The third-order valence-electron chi connectivity index (χ3n) is 10.8. The van der Waals surface area contributed by atoms with Crippen LogP contribution >= 0.6 is 11.8 Å². The molecule has 0 radical (unpaired) electrons. The minimum absolute atomic E-state index is 0.0237. The maximum Gasteiger partial charge on any atom is 0.353 e. The summed E-state index contributed by atoms with van der Waals surface area (Å²) < 4.78 is 16.3. The number of aliphatic hydroxyl groups is 1. The van der Waals surface area contributed by atoms with E-state index in [-0.39, 0.29) is 46.5 Å². The van der Waals surface area contributed by atoms with Crippen molar-refractivity contribution in [2.75, 3.05) is 52.4 Å². The number of aliphatic hydroxyl groups excluding tert-OH is 1. The number of aryl methyl sites for hydroxylation is 1. The van der Waals surface area contributed by atoms with Crippen molar-refractivity contribution < 1.29 is 48.4 Å². The van der Waals surface area contributed by atoms with Crippen LogP contribution in [0.4, 0.5) is 5.69 Å². The van der Waals surface area contributed by atoms with Crippen molar-refractivity contribution in [2.45, 2.75) is 88.7 Å². The number of hydrogen-bond acceptors (Lipinski definition) is 11. The molecule has 2 saturated heterocycles. The Morgan fingerprint density at radius 2 is 1.76 bits per heavy atom. The largest absolute Gasteiger partial charge is 0.493 e. The molecule has 5 rings (SSSR count). The number of carboxylic acids is 1. The molecular weight excluding hydrogens is 767 g/mol. The molecule has 316 valence electrons. The average Bonchev–Trinajstić information content (AvgIpc) is 3.77. The van der Waals surface area contributed by atoms with Gasteiger partial charge in [0.15, 0.2) is 11.5 Å². The standard InChI is InChI=1S/C42H57N5O10S/c1-25-36-35(26(2)48)41(52)47(36)37(42(53)54)38(25)58-30-23-31(45-24-30)40(51)46-29-13-10-12-28(22-29)39(50)44-17-8-5-6-14-34(49)43-18-20-57-19-9-7-11-27-15-16-32(55-3)33(21-27)56-4/h10,12-13,15-16,21-22,25-26,30-31,35-36,45,48H,5-9,11,14,17-20,23-24H2,1-4H3,(H,43,49)(H,44,50)(H,46,51)(H,53,54)/t25-,26-,30+,31+,35-,36?/m1/s1. The first-order valence-electron chi connectivity index (χ1n) is 20.1. The Bertz CT molecular complexity index is 1820. The molecule has 1 unspecified atom stereocenters. The molecule has 0 bridgehead atoms. The fraction of sp³-hybridized carbons (Fsp3) is 0.548. The topological polar surface area (TPSA) is 205 Å². The molecular formula is C42H57N5O10S. The Morgan fingerprint density at radius 1 is 0.966 bits per heavy atom. The molecule has 0 saturated carbocycles. The lowest BCUT2D eigenvalue weighted by atomic mass is 9.79. The van der Waals surface area contributed by atoms with Gasteiger partial charge in [-0.25, -0.2) is 4.79 Å². The summed E-state index contributed by atoms with van der Waals surface area (Å²) >= 11 is 1.38. The average molecular weight is 824 g/mol. The molecule has 0 aliphatic carbocycles. The minimum atomic E-state index is -1.18. The number of thioether (sulfide) groups is 1. The van der Waals surface area contributed by atoms with Crippen LogP contribution in [-0.4, -0.2) is 115 Å². The minimum Gasteiger partial charge on any atom is -0.493 e. The maximum absolute atomic E-state index is 13.2. The summed E-state index contributed by atoms with van der Waals surface area (Å²) in [5, 5.41) is 31.8. The van der Waals surface area contributed by atoms with Gasteiger partial charge in [0.05, 0.1) is 44.9 Å². The highest BCUT2D eigenvalue weighted by Crippen LogP contribution is 2.51. The second-order valence-corrected chi connectivity index (χ2v) is 16.3. The van der Waals surface area contributed by atoms with Gasteiger partial charge in [-0.15, -0.1) is 11.8 Å². The number of carbonyl (C=O) groups excluding carboxylic acids is 4. The van der Waals surface area contributed by atoms with Gasteiger partial charge in [0.2, 0.25) is 17.7 Å². The summed E-state index contributed by atoms with van der Waals surface area (Å²) in [6.45, 7) is 5.89. The molecule has 0 aromatic heterocycles. The normalized spacial score (nSPS) is 21.6. The van der Waals surface area contributed by atoms with Crippen molar-refractivity contribution in [1.29, 1.82) is 0 Å². The number of methoxy groups -OCH3 is 2.